The van der Waals surface area contributed by atoms with Crippen LogP contribution in [0.15, 0.2) is 12.1 Å². The molecule has 1 aromatic heterocycles. The highest BCUT2D eigenvalue weighted by Crippen LogP contribution is 2.08. The maximum Gasteiger partial charge on any atom is 0.356 e. The smallest absolute Gasteiger partial charge is 0.356 e. The topological polar surface area (TPSA) is 45.7 Å². The Morgan fingerprint density at radius 1 is 1.25 bits per heavy atom. The van der Waals surface area contributed by atoms with E-state index in [1.54, 1.807) is 0 Å². The molecule has 1 fully saturated rings. The predicted octanol–water partition coefficient (Wildman–Crippen LogP) is 1.95. The third-order valence-electron chi connectivity index (χ3n) is 4.38. The summed E-state index contributed by atoms with van der Waals surface area (Å²) < 4.78 is 4.74. The lowest BCUT2D eigenvalue weighted by atomic mass is 10.2. The predicted molar refractivity (Wildman–Crippen MR) is 95.0 cm³/mol. The first-order chi connectivity index (χ1) is 11.6. The molecule has 0 atom stereocenters. The summed E-state index contributed by atoms with van der Waals surface area (Å²) in [6, 6.07) is 3.70. The summed E-state index contributed by atoms with van der Waals surface area (Å²) in [5.41, 5.74) is 1.77. The van der Waals surface area contributed by atoms with Crippen LogP contribution in [0.4, 0.5) is 0 Å². The Bertz CT molecular complexity index is 611. The second kappa shape index (κ2) is 9.41. The van der Waals surface area contributed by atoms with Gasteiger partial charge in [-0.3, -0.25) is 0 Å². The minimum absolute atomic E-state index is 0.345. The van der Waals surface area contributed by atoms with Crippen LogP contribution in [0.1, 0.15) is 41.5 Å². The monoisotopic (exact) mass is 329 g/mol. The van der Waals surface area contributed by atoms with Gasteiger partial charge in [0.25, 0.3) is 0 Å². The molecule has 5 heteroatoms. The van der Waals surface area contributed by atoms with E-state index >= 15 is 0 Å². The van der Waals surface area contributed by atoms with Gasteiger partial charge >= 0.3 is 5.97 Å². The lowest BCUT2D eigenvalue weighted by Crippen LogP contribution is -2.46. The first-order valence-corrected chi connectivity index (χ1v) is 8.63. The molecule has 1 aliphatic heterocycles. The number of aryl methyl sites for hydroxylation is 1. The Morgan fingerprint density at radius 2 is 1.96 bits per heavy atom. The van der Waals surface area contributed by atoms with E-state index in [1.165, 1.54) is 20.2 Å². The quantitative estimate of drug-likeness (QED) is 0.469. The van der Waals surface area contributed by atoms with Crippen LogP contribution in [0.25, 0.3) is 0 Å². The summed E-state index contributed by atoms with van der Waals surface area (Å²) in [5, 5.41) is 0. The van der Waals surface area contributed by atoms with Gasteiger partial charge in [-0.25, -0.2) is 9.78 Å². The molecule has 130 valence electrons. The van der Waals surface area contributed by atoms with Gasteiger partial charge < -0.3 is 14.5 Å². The fourth-order valence-electron chi connectivity index (χ4n) is 2.77. The summed E-state index contributed by atoms with van der Waals surface area (Å²) in [7, 11) is 1.36. The first kappa shape index (κ1) is 18.4. The number of carbonyl (C=O) groups is 1. The molecule has 2 heterocycles. The van der Waals surface area contributed by atoms with E-state index in [4.69, 9.17) is 4.74 Å². The number of methoxy groups -OCH3 is 1. The molecule has 0 N–H and O–H groups in total. The lowest BCUT2D eigenvalue weighted by molar-refractivity contribution is 0.0593. The molecule has 0 saturated carbocycles. The summed E-state index contributed by atoms with van der Waals surface area (Å²) in [6.45, 7) is 11.0. The molecule has 24 heavy (non-hydrogen) atoms. The molecule has 0 aliphatic carbocycles. The fraction of sp³-hybridized carbons (Fsp3) is 0.579. The van der Waals surface area contributed by atoms with Crippen molar-refractivity contribution >= 4 is 5.97 Å². The van der Waals surface area contributed by atoms with Crippen LogP contribution in [0, 0.1) is 18.8 Å². The average molecular weight is 329 g/mol. The summed E-state index contributed by atoms with van der Waals surface area (Å²) in [4.78, 5) is 20.9. The van der Waals surface area contributed by atoms with E-state index in [0.29, 0.717) is 11.4 Å². The molecular formula is C19H27N3O2. The van der Waals surface area contributed by atoms with Crippen molar-refractivity contribution in [3.8, 4) is 11.8 Å². The number of hydrogen-bond acceptors (Lipinski definition) is 5. The van der Waals surface area contributed by atoms with Gasteiger partial charge in [-0.1, -0.05) is 18.9 Å². The molecule has 0 spiro atoms. The highest BCUT2D eigenvalue weighted by Gasteiger charge is 2.14. The van der Waals surface area contributed by atoms with Crippen molar-refractivity contribution in [2.24, 2.45) is 0 Å². The molecule has 0 unspecified atom stereocenters. The molecule has 2 rings (SSSR count). The van der Waals surface area contributed by atoms with Crippen LogP contribution in [0.2, 0.25) is 0 Å². The van der Waals surface area contributed by atoms with E-state index in [-0.39, 0.29) is 0 Å². The molecule has 0 aromatic carbocycles. The number of piperazine rings is 1. The van der Waals surface area contributed by atoms with Gasteiger partial charge in [0.2, 0.25) is 0 Å². The van der Waals surface area contributed by atoms with Crippen LogP contribution < -0.4 is 0 Å². The minimum Gasteiger partial charge on any atom is -0.464 e. The van der Waals surface area contributed by atoms with E-state index in [0.717, 1.165) is 44.6 Å². The van der Waals surface area contributed by atoms with Gasteiger partial charge in [0, 0.05) is 32.6 Å². The molecular weight excluding hydrogens is 302 g/mol. The van der Waals surface area contributed by atoms with Gasteiger partial charge in [-0.15, -0.1) is 0 Å². The normalized spacial score (nSPS) is 15.6. The van der Waals surface area contributed by atoms with Gasteiger partial charge in [-0.2, -0.15) is 0 Å². The second-order valence-corrected chi connectivity index (χ2v) is 6.03. The minimum atomic E-state index is -0.414. The first-order valence-electron chi connectivity index (χ1n) is 8.63. The summed E-state index contributed by atoms with van der Waals surface area (Å²) in [6.07, 6.45) is 1.91. The number of unbranched alkanes of at least 4 members (excludes halogenated alkanes) is 1. The number of aromatic nitrogens is 1. The van der Waals surface area contributed by atoms with Crippen molar-refractivity contribution in [2.75, 3.05) is 46.4 Å². The van der Waals surface area contributed by atoms with Gasteiger partial charge in [-0.05, 0) is 44.0 Å². The number of likely N-dealkylation sites (N-methyl/N-ethyl adjacent to an activating group) is 1. The number of esters is 1. The van der Waals surface area contributed by atoms with Crippen molar-refractivity contribution in [3.05, 3.63) is 29.1 Å². The second-order valence-electron chi connectivity index (χ2n) is 6.03. The molecule has 0 bridgehead atoms. The standard InChI is InChI=1S/C19H27N3O2/c1-4-21-12-14-22(15-13-21)11-7-5-6-8-17-10-9-16(2)18(20-17)19(23)24-3/h9-10H,4-5,7,11-15H2,1-3H3. The number of hydrogen-bond donors (Lipinski definition) is 0. The Balaban J connectivity index is 1.78. The van der Waals surface area contributed by atoms with Crippen molar-refractivity contribution in [1.29, 1.82) is 0 Å². The molecule has 0 amide bonds. The van der Waals surface area contributed by atoms with Gasteiger partial charge in [0.05, 0.1) is 7.11 Å². The van der Waals surface area contributed by atoms with E-state index in [2.05, 4.69) is 33.5 Å². The Kier molecular flexibility index (Phi) is 7.23. The van der Waals surface area contributed by atoms with Gasteiger partial charge in [0.1, 0.15) is 5.69 Å². The van der Waals surface area contributed by atoms with Crippen LogP contribution in [0.5, 0.6) is 0 Å². The zero-order valence-electron chi connectivity index (χ0n) is 15.0. The van der Waals surface area contributed by atoms with E-state index in [1.807, 2.05) is 19.1 Å². The number of rotatable bonds is 5. The Hall–Kier alpha value is -1.90. The SMILES string of the molecule is CCN1CCN(CCCC#Cc2ccc(C)c(C(=O)OC)n2)CC1. The van der Waals surface area contributed by atoms with E-state index in [9.17, 15) is 4.79 Å². The zero-order chi connectivity index (χ0) is 17.4. The number of ether oxygens (including phenoxy) is 1. The van der Waals surface area contributed by atoms with Crippen molar-refractivity contribution in [3.63, 3.8) is 0 Å². The van der Waals surface area contributed by atoms with Crippen molar-refractivity contribution in [2.45, 2.75) is 26.7 Å². The van der Waals surface area contributed by atoms with Crippen LogP contribution in [-0.2, 0) is 4.74 Å². The van der Waals surface area contributed by atoms with Crippen LogP contribution in [-0.4, -0.2) is 67.1 Å². The third-order valence-corrected chi connectivity index (χ3v) is 4.38. The number of carbonyl (C=O) groups excluding carboxylic acids is 1. The van der Waals surface area contributed by atoms with E-state index < -0.39 is 5.97 Å². The highest BCUT2D eigenvalue weighted by atomic mass is 16.5. The molecule has 1 aliphatic rings. The maximum absolute atomic E-state index is 11.6. The largest absolute Gasteiger partial charge is 0.464 e. The van der Waals surface area contributed by atoms with Crippen LogP contribution >= 0.6 is 0 Å². The zero-order valence-corrected chi connectivity index (χ0v) is 15.0. The van der Waals surface area contributed by atoms with Crippen molar-refractivity contribution < 1.29 is 9.53 Å². The highest BCUT2D eigenvalue weighted by molar-refractivity contribution is 5.88. The maximum atomic E-state index is 11.6. The Morgan fingerprint density at radius 3 is 2.62 bits per heavy atom. The van der Waals surface area contributed by atoms with Crippen molar-refractivity contribution in [1.82, 2.24) is 14.8 Å². The molecule has 1 aromatic rings. The summed E-state index contributed by atoms with van der Waals surface area (Å²) in [5.74, 6) is 5.80. The third kappa shape index (κ3) is 5.33. The molecule has 5 nitrogen and oxygen atoms in total. The molecule has 0 radical (unpaired) electrons. The van der Waals surface area contributed by atoms with Gasteiger partial charge in [0.15, 0.2) is 5.69 Å². The number of nitrogens with zero attached hydrogens (tertiary/aromatic N) is 3. The Labute approximate surface area is 145 Å². The average Bonchev–Trinajstić information content (AvgIpc) is 2.62. The van der Waals surface area contributed by atoms with Crippen LogP contribution in [0.3, 0.4) is 0 Å². The molecule has 1 saturated heterocycles. The number of pyridine rings is 1. The summed E-state index contributed by atoms with van der Waals surface area (Å²) >= 11 is 0. The lowest BCUT2D eigenvalue weighted by Gasteiger charge is -2.33. The fourth-order valence-corrected chi connectivity index (χ4v) is 2.77.